The van der Waals surface area contributed by atoms with Crippen molar-refractivity contribution >= 4 is 15.7 Å². The Hall–Kier alpha value is -1.18. The van der Waals surface area contributed by atoms with Crippen LogP contribution in [0.4, 0.5) is 10.1 Å². The Morgan fingerprint density at radius 3 is 2.71 bits per heavy atom. The summed E-state index contributed by atoms with van der Waals surface area (Å²) < 4.78 is 39.0. The molecular weight excluding hydrogens is 247 g/mol. The highest BCUT2D eigenvalue weighted by molar-refractivity contribution is 7.89. The molecule has 0 atom stereocenters. The van der Waals surface area contributed by atoms with E-state index in [2.05, 4.69) is 4.72 Å². The molecular formula is C10H15FN2O3S. The standard InChI is InChI=1S/C10H15FN2O3S/c1-7-5-8(11)9(12)6-10(7)17(15,16)13-3-2-4-14/h5-6,13-14H,2-4,12H2,1H3. The Morgan fingerprint density at radius 1 is 1.47 bits per heavy atom. The first-order valence-corrected chi connectivity index (χ1v) is 6.53. The van der Waals surface area contributed by atoms with E-state index in [4.69, 9.17) is 10.8 Å². The van der Waals surface area contributed by atoms with Gasteiger partial charge in [0.1, 0.15) is 5.82 Å². The van der Waals surface area contributed by atoms with Crippen LogP contribution in [0, 0.1) is 12.7 Å². The number of rotatable bonds is 5. The maximum Gasteiger partial charge on any atom is 0.240 e. The zero-order valence-electron chi connectivity index (χ0n) is 9.40. The van der Waals surface area contributed by atoms with Crippen molar-refractivity contribution in [3.8, 4) is 0 Å². The van der Waals surface area contributed by atoms with Crippen LogP contribution in [-0.2, 0) is 10.0 Å². The number of aliphatic hydroxyl groups excluding tert-OH is 1. The Kier molecular flexibility index (Phi) is 4.44. The van der Waals surface area contributed by atoms with Gasteiger partial charge in [-0.2, -0.15) is 0 Å². The maximum absolute atomic E-state index is 13.1. The summed E-state index contributed by atoms with van der Waals surface area (Å²) in [4.78, 5) is -0.0469. The first-order chi connectivity index (χ1) is 7.88. The summed E-state index contributed by atoms with van der Waals surface area (Å²) in [6.45, 7) is 1.51. The van der Waals surface area contributed by atoms with Crippen LogP contribution < -0.4 is 10.5 Å². The molecule has 0 unspecified atom stereocenters. The summed E-state index contributed by atoms with van der Waals surface area (Å²) in [6.07, 6.45) is 0.314. The number of anilines is 1. The van der Waals surface area contributed by atoms with Crippen LogP contribution in [0.25, 0.3) is 0 Å². The van der Waals surface area contributed by atoms with Crippen LogP contribution in [0.2, 0.25) is 0 Å². The molecule has 0 heterocycles. The average molecular weight is 262 g/mol. The van der Waals surface area contributed by atoms with Crippen molar-refractivity contribution in [2.24, 2.45) is 0 Å². The van der Waals surface area contributed by atoms with Crippen molar-refractivity contribution < 1.29 is 17.9 Å². The van der Waals surface area contributed by atoms with Crippen LogP contribution in [0.1, 0.15) is 12.0 Å². The molecule has 0 radical (unpaired) electrons. The van der Waals surface area contributed by atoms with Gasteiger partial charge in [0.2, 0.25) is 10.0 Å². The largest absolute Gasteiger partial charge is 0.396 e. The second-order valence-corrected chi connectivity index (χ2v) is 5.35. The number of nitrogen functional groups attached to an aromatic ring is 1. The number of hydrogen-bond donors (Lipinski definition) is 3. The number of hydrogen-bond acceptors (Lipinski definition) is 4. The Bertz CT molecular complexity index is 503. The molecule has 0 aliphatic rings. The SMILES string of the molecule is Cc1cc(F)c(N)cc1S(=O)(=O)NCCCO. The van der Waals surface area contributed by atoms with Crippen LogP contribution in [0.3, 0.4) is 0 Å². The van der Waals surface area contributed by atoms with E-state index in [0.29, 0.717) is 6.42 Å². The summed E-state index contributed by atoms with van der Waals surface area (Å²) in [5, 5.41) is 8.56. The predicted molar refractivity (Wildman–Crippen MR) is 62.4 cm³/mol. The fraction of sp³-hybridized carbons (Fsp3) is 0.400. The number of benzene rings is 1. The molecule has 0 aromatic heterocycles. The van der Waals surface area contributed by atoms with Crippen LogP contribution in [-0.4, -0.2) is 26.7 Å². The van der Waals surface area contributed by atoms with Gasteiger partial charge in [0, 0.05) is 13.2 Å². The number of halogens is 1. The van der Waals surface area contributed by atoms with Crippen molar-refractivity contribution in [3.05, 3.63) is 23.5 Å². The van der Waals surface area contributed by atoms with Crippen molar-refractivity contribution in [2.45, 2.75) is 18.2 Å². The summed E-state index contributed by atoms with van der Waals surface area (Å²) in [5.41, 5.74) is 5.41. The van der Waals surface area contributed by atoms with Gasteiger partial charge in [0.25, 0.3) is 0 Å². The zero-order chi connectivity index (χ0) is 13.1. The minimum Gasteiger partial charge on any atom is -0.396 e. The van der Waals surface area contributed by atoms with E-state index in [0.717, 1.165) is 12.1 Å². The number of sulfonamides is 1. The van der Waals surface area contributed by atoms with Crippen molar-refractivity contribution in [3.63, 3.8) is 0 Å². The summed E-state index contributed by atoms with van der Waals surface area (Å²) >= 11 is 0. The molecule has 0 fully saturated rings. The monoisotopic (exact) mass is 262 g/mol. The lowest BCUT2D eigenvalue weighted by atomic mass is 10.2. The van der Waals surface area contributed by atoms with E-state index >= 15 is 0 Å². The average Bonchev–Trinajstić information content (AvgIpc) is 2.23. The molecule has 0 saturated heterocycles. The molecule has 1 rings (SSSR count). The first-order valence-electron chi connectivity index (χ1n) is 5.04. The molecule has 17 heavy (non-hydrogen) atoms. The molecule has 0 aliphatic heterocycles. The Balaban J connectivity index is 3.03. The first kappa shape index (κ1) is 13.9. The summed E-state index contributed by atoms with van der Waals surface area (Å²) in [5.74, 6) is -0.642. The van der Waals surface area contributed by atoms with Crippen LogP contribution in [0.15, 0.2) is 17.0 Å². The third-order valence-corrected chi connectivity index (χ3v) is 3.81. The van der Waals surface area contributed by atoms with Gasteiger partial charge in [0.15, 0.2) is 0 Å². The van der Waals surface area contributed by atoms with Gasteiger partial charge < -0.3 is 10.8 Å². The van der Waals surface area contributed by atoms with Gasteiger partial charge in [-0.25, -0.2) is 17.5 Å². The lowest BCUT2D eigenvalue weighted by Gasteiger charge is -2.10. The van der Waals surface area contributed by atoms with Crippen molar-refractivity contribution in [1.29, 1.82) is 0 Å². The second-order valence-electron chi connectivity index (χ2n) is 3.61. The fourth-order valence-electron chi connectivity index (χ4n) is 1.32. The van der Waals surface area contributed by atoms with Crippen LogP contribution >= 0.6 is 0 Å². The van der Waals surface area contributed by atoms with Crippen molar-refractivity contribution in [1.82, 2.24) is 4.72 Å². The molecule has 5 nitrogen and oxygen atoms in total. The molecule has 7 heteroatoms. The maximum atomic E-state index is 13.1. The van der Waals surface area contributed by atoms with Gasteiger partial charge in [-0.3, -0.25) is 0 Å². The topological polar surface area (TPSA) is 92.4 Å². The lowest BCUT2D eigenvalue weighted by Crippen LogP contribution is -2.26. The van der Waals surface area contributed by atoms with Gasteiger partial charge >= 0.3 is 0 Å². The third-order valence-electron chi connectivity index (χ3n) is 2.21. The smallest absolute Gasteiger partial charge is 0.240 e. The van der Waals surface area contributed by atoms with E-state index in [-0.39, 0.29) is 29.3 Å². The highest BCUT2D eigenvalue weighted by Crippen LogP contribution is 2.21. The Labute approximate surface area is 99.5 Å². The van der Waals surface area contributed by atoms with Crippen LogP contribution in [0.5, 0.6) is 0 Å². The highest BCUT2D eigenvalue weighted by atomic mass is 32.2. The van der Waals surface area contributed by atoms with Crippen molar-refractivity contribution in [2.75, 3.05) is 18.9 Å². The lowest BCUT2D eigenvalue weighted by molar-refractivity contribution is 0.289. The van der Waals surface area contributed by atoms with Gasteiger partial charge in [0.05, 0.1) is 10.6 Å². The second kappa shape index (κ2) is 5.44. The highest BCUT2D eigenvalue weighted by Gasteiger charge is 2.18. The Morgan fingerprint density at radius 2 is 2.12 bits per heavy atom. The normalized spacial score (nSPS) is 11.7. The zero-order valence-corrected chi connectivity index (χ0v) is 10.2. The van der Waals surface area contributed by atoms with Gasteiger partial charge in [-0.15, -0.1) is 0 Å². The third kappa shape index (κ3) is 3.39. The molecule has 0 bridgehead atoms. The number of nitrogens with one attached hydrogen (secondary N) is 1. The molecule has 1 aromatic rings. The summed E-state index contributed by atoms with van der Waals surface area (Å²) in [7, 11) is -3.71. The number of aryl methyl sites for hydroxylation is 1. The molecule has 0 aliphatic carbocycles. The molecule has 1 aromatic carbocycles. The molecule has 0 spiro atoms. The van der Waals surface area contributed by atoms with E-state index in [9.17, 15) is 12.8 Å². The van der Waals surface area contributed by atoms with E-state index in [1.54, 1.807) is 0 Å². The number of nitrogens with two attached hydrogens (primary N) is 1. The predicted octanol–water partition coefficient (Wildman–Crippen LogP) is 0.377. The minimum atomic E-state index is -3.71. The van der Waals surface area contributed by atoms with E-state index in [1.807, 2.05) is 0 Å². The quantitative estimate of drug-likeness (QED) is 0.528. The summed E-state index contributed by atoms with van der Waals surface area (Å²) in [6, 6.07) is 2.17. The van der Waals surface area contributed by atoms with E-state index < -0.39 is 15.8 Å². The molecule has 4 N–H and O–H groups in total. The van der Waals surface area contributed by atoms with Gasteiger partial charge in [-0.05, 0) is 31.0 Å². The minimum absolute atomic E-state index is 0.0469. The number of aliphatic hydroxyl groups is 1. The fourth-order valence-corrected chi connectivity index (χ4v) is 2.65. The van der Waals surface area contributed by atoms with E-state index in [1.165, 1.54) is 6.92 Å². The van der Waals surface area contributed by atoms with Gasteiger partial charge in [-0.1, -0.05) is 0 Å². The molecule has 0 amide bonds. The molecule has 96 valence electrons. The molecule has 0 saturated carbocycles.